The van der Waals surface area contributed by atoms with Gasteiger partial charge in [0.15, 0.2) is 18.1 Å². The van der Waals surface area contributed by atoms with Crippen molar-refractivity contribution in [3.8, 4) is 17.2 Å². The standard InChI is InChI=1S/C21H23NO6/c1-14-7-5-6-8-16(14)22-19(23)13-28-20(24)10-9-15-11-17(25-2)21(27-4)18(12-15)26-3/h5-12H,13H2,1-4H3,(H,22,23)/b10-9+. The fraction of sp³-hybridized carbons (Fsp3) is 0.238. The lowest BCUT2D eigenvalue weighted by molar-refractivity contribution is -0.142. The van der Waals surface area contributed by atoms with Gasteiger partial charge in [-0.1, -0.05) is 18.2 Å². The molecule has 2 aromatic carbocycles. The fourth-order valence-electron chi connectivity index (χ4n) is 2.45. The summed E-state index contributed by atoms with van der Waals surface area (Å²) >= 11 is 0. The number of carbonyl (C=O) groups excluding carboxylic acids is 2. The van der Waals surface area contributed by atoms with Gasteiger partial charge in [0.05, 0.1) is 21.3 Å². The number of anilines is 1. The quantitative estimate of drug-likeness (QED) is 0.555. The Bertz CT molecular complexity index is 850. The third-order valence-corrected chi connectivity index (χ3v) is 3.86. The number of methoxy groups -OCH3 is 3. The molecule has 0 saturated carbocycles. The van der Waals surface area contributed by atoms with E-state index in [-0.39, 0.29) is 6.61 Å². The molecule has 0 fully saturated rings. The molecule has 0 aliphatic carbocycles. The van der Waals surface area contributed by atoms with Crippen LogP contribution in [0.2, 0.25) is 0 Å². The van der Waals surface area contributed by atoms with Crippen LogP contribution in [0.4, 0.5) is 5.69 Å². The van der Waals surface area contributed by atoms with Crippen molar-refractivity contribution in [2.45, 2.75) is 6.92 Å². The molecule has 148 valence electrons. The Balaban J connectivity index is 1.96. The minimum atomic E-state index is -0.645. The molecule has 7 heteroatoms. The first-order chi connectivity index (χ1) is 13.5. The molecule has 0 heterocycles. The van der Waals surface area contributed by atoms with Gasteiger partial charge < -0.3 is 24.3 Å². The van der Waals surface area contributed by atoms with Gasteiger partial charge in [0.2, 0.25) is 5.75 Å². The van der Waals surface area contributed by atoms with E-state index in [0.29, 0.717) is 28.5 Å². The Morgan fingerprint density at radius 1 is 1.00 bits per heavy atom. The summed E-state index contributed by atoms with van der Waals surface area (Å²) in [5, 5.41) is 2.69. The van der Waals surface area contributed by atoms with Crippen molar-refractivity contribution in [3.05, 3.63) is 53.6 Å². The van der Waals surface area contributed by atoms with Crippen LogP contribution >= 0.6 is 0 Å². The van der Waals surface area contributed by atoms with Crippen molar-refractivity contribution in [1.29, 1.82) is 0 Å². The number of hydrogen-bond acceptors (Lipinski definition) is 6. The Kier molecular flexibility index (Phi) is 7.45. The predicted octanol–water partition coefficient (Wildman–Crippen LogP) is 3.22. The maximum atomic E-state index is 11.9. The topological polar surface area (TPSA) is 83.1 Å². The van der Waals surface area contributed by atoms with E-state index in [4.69, 9.17) is 18.9 Å². The van der Waals surface area contributed by atoms with E-state index in [1.165, 1.54) is 33.5 Å². The molecule has 0 aliphatic heterocycles. The van der Waals surface area contributed by atoms with E-state index in [2.05, 4.69) is 5.32 Å². The molecule has 2 aromatic rings. The van der Waals surface area contributed by atoms with Crippen molar-refractivity contribution >= 4 is 23.6 Å². The number of hydrogen-bond donors (Lipinski definition) is 1. The highest BCUT2D eigenvalue weighted by Gasteiger charge is 2.12. The molecule has 0 bridgehead atoms. The number of amides is 1. The minimum absolute atomic E-state index is 0.382. The molecular weight excluding hydrogens is 362 g/mol. The summed E-state index contributed by atoms with van der Waals surface area (Å²) in [6.45, 7) is 1.49. The molecule has 2 rings (SSSR count). The number of nitrogens with one attached hydrogen (secondary N) is 1. The van der Waals surface area contributed by atoms with Gasteiger partial charge in [-0.25, -0.2) is 4.79 Å². The fourth-order valence-corrected chi connectivity index (χ4v) is 2.45. The average Bonchev–Trinajstić information content (AvgIpc) is 2.71. The number of rotatable bonds is 8. The van der Waals surface area contributed by atoms with Crippen LogP contribution in [0, 0.1) is 6.92 Å². The monoisotopic (exact) mass is 385 g/mol. The second kappa shape index (κ2) is 10.0. The molecule has 0 unspecified atom stereocenters. The second-order valence-electron chi connectivity index (χ2n) is 5.76. The second-order valence-corrected chi connectivity index (χ2v) is 5.76. The number of benzene rings is 2. The van der Waals surface area contributed by atoms with Gasteiger partial charge in [0, 0.05) is 11.8 Å². The number of carbonyl (C=O) groups is 2. The Morgan fingerprint density at radius 3 is 2.21 bits per heavy atom. The highest BCUT2D eigenvalue weighted by Crippen LogP contribution is 2.38. The molecule has 0 saturated heterocycles. The van der Waals surface area contributed by atoms with E-state index in [0.717, 1.165) is 5.56 Å². The van der Waals surface area contributed by atoms with Crippen LogP contribution < -0.4 is 19.5 Å². The summed E-state index contributed by atoms with van der Waals surface area (Å²) < 4.78 is 20.7. The Morgan fingerprint density at radius 2 is 1.64 bits per heavy atom. The molecule has 1 N–H and O–H groups in total. The first-order valence-electron chi connectivity index (χ1n) is 8.48. The lowest BCUT2D eigenvalue weighted by Gasteiger charge is -2.12. The SMILES string of the molecule is COc1cc(/C=C/C(=O)OCC(=O)Nc2ccccc2C)cc(OC)c1OC. The summed E-state index contributed by atoms with van der Waals surface area (Å²) in [5.41, 5.74) is 2.25. The largest absolute Gasteiger partial charge is 0.493 e. The van der Waals surface area contributed by atoms with Crippen molar-refractivity contribution in [3.63, 3.8) is 0 Å². The molecule has 7 nitrogen and oxygen atoms in total. The molecule has 0 radical (unpaired) electrons. The highest BCUT2D eigenvalue weighted by molar-refractivity contribution is 5.95. The van der Waals surface area contributed by atoms with E-state index >= 15 is 0 Å². The van der Waals surface area contributed by atoms with Crippen LogP contribution in [0.3, 0.4) is 0 Å². The molecule has 0 aliphatic rings. The third-order valence-electron chi connectivity index (χ3n) is 3.86. The van der Waals surface area contributed by atoms with Gasteiger partial charge in [0.25, 0.3) is 5.91 Å². The highest BCUT2D eigenvalue weighted by atomic mass is 16.5. The van der Waals surface area contributed by atoms with Gasteiger partial charge in [-0.3, -0.25) is 4.79 Å². The van der Waals surface area contributed by atoms with Crippen LogP contribution in [0.15, 0.2) is 42.5 Å². The average molecular weight is 385 g/mol. The van der Waals surface area contributed by atoms with E-state index < -0.39 is 11.9 Å². The summed E-state index contributed by atoms with van der Waals surface area (Å²) in [4.78, 5) is 23.8. The first-order valence-corrected chi connectivity index (χ1v) is 8.48. The summed E-state index contributed by atoms with van der Waals surface area (Å²) in [5.74, 6) is 0.329. The smallest absolute Gasteiger partial charge is 0.331 e. The van der Waals surface area contributed by atoms with Gasteiger partial charge in [0.1, 0.15) is 0 Å². The number of aryl methyl sites for hydroxylation is 1. The maximum Gasteiger partial charge on any atom is 0.331 e. The lowest BCUT2D eigenvalue weighted by atomic mass is 10.1. The number of esters is 1. The van der Waals surface area contributed by atoms with Crippen molar-refractivity contribution in [2.24, 2.45) is 0 Å². The summed E-state index contributed by atoms with van der Waals surface area (Å²) in [6, 6.07) is 10.7. The molecule has 0 aromatic heterocycles. The van der Waals surface area contributed by atoms with Gasteiger partial charge >= 0.3 is 5.97 Å². The van der Waals surface area contributed by atoms with Crippen LogP contribution in [0.5, 0.6) is 17.2 Å². The van der Waals surface area contributed by atoms with Crippen molar-refractivity contribution in [1.82, 2.24) is 0 Å². The van der Waals surface area contributed by atoms with Crippen molar-refractivity contribution < 1.29 is 28.5 Å². The molecule has 28 heavy (non-hydrogen) atoms. The van der Waals surface area contributed by atoms with Crippen LogP contribution in [0.25, 0.3) is 6.08 Å². The zero-order chi connectivity index (χ0) is 20.5. The van der Waals surface area contributed by atoms with Crippen LogP contribution in [-0.2, 0) is 14.3 Å². The molecule has 1 amide bonds. The van der Waals surface area contributed by atoms with Crippen molar-refractivity contribution in [2.75, 3.05) is 33.3 Å². The normalized spacial score (nSPS) is 10.4. The van der Waals surface area contributed by atoms with Crippen LogP contribution in [0.1, 0.15) is 11.1 Å². The molecule has 0 atom stereocenters. The van der Waals surface area contributed by atoms with Gasteiger partial charge in [-0.2, -0.15) is 0 Å². The van der Waals surface area contributed by atoms with E-state index in [1.54, 1.807) is 18.2 Å². The zero-order valence-corrected chi connectivity index (χ0v) is 16.3. The molecular formula is C21H23NO6. The lowest BCUT2D eigenvalue weighted by Crippen LogP contribution is -2.20. The van der Waals surface area contributed by atoms with Crippen LogP contribution in [-0.4, -0.2) is 39.8 Å². The first kappa shape index (κ1) is 20.8. The Hall–Kier alpha value is -3.48. The Labute approximate surface area is 163 Å². The predicted molar refractivity (Wildman–Crippen MR) is 106 cm³/mol. The van der Waals surface area contributed by atoms with E-state index in [9.17, 15) is 9.59 Å². The van der Waals surface area contributed by atoms with E-state index in [1.807, 2.05) is 25.1 Å². The number of para-hydroxylation sites is 1. The van der Waals surface area contributed by atoms with Gasteiger partial charge in [-0.15, -0.1) is 0 Å². The minimum Gasteiger partial charge on any atom is -0.493 e. The summed E-state index contributed by atoms with van der Waals surface area (Å²) in [7, 11) is 4.52. The summed E-state index contributed by atoms with van der Waals surface area (Å²) in [6.07, 6.45) is 2.76. The number of ether oxygens (including phenoxy) is 4. The zero-order valence-electron chi connectivity index (χ0n) is 16.3. The van der Waals surface area contributed by atoms with Gasteiger partial charge in [-0.05, 0) is 42.3 Å². The maximum absolute atomic E-state index is 11.9. The third kappa shape index (κ3) is 5.51. The molecule has 0 spiro atoms.